The molecular formula is C13H18N4S. The number of rotatable bonds is 4. The van der Waals surface area contributed by atoms with Crippen LogP contribution in [0.4, 0.5) is 11.6 Å². The molecule has 0 atom stereocenters. The number of hydrogen-bond donors (Lipinski definition) is 2. The van der Waals surface area contributed by atoms with Crippen LogP contribution in [0.15, 0.2) is 23.6 Å². The Morgan fingerprint density at radius 2 is 2.17 bits per heavy atom. The zero-order chi connectivity index (χ0) is 13.2. The Morgan fingerprint density at radius 3 is 2.78 bits per heavy atom. The quantitative estimate of drug-likeness (QED) is 0.889. The van der Waals surface area contributed by atoms with Crippen LogP contribution in [0.2, 0.25) is 0 Å². The lowest BCUT2D eigenvalue weighted by Gasteiger charge is -2.24. The summed E-state index contributed by atoms with van der Waals surface area (Å²) in [6.45, 7) is 7.07. The number of anilines is 2. The first-order chi connectivity index (χ1) is 8.47. The van der Waals surface area contributed by atoms with Gasteiger partial charge in [0.25, 0.3) is 0 Å². The highest BCUT2D eigenvalue weighted by Crippen LogP contribution is 2.27. The number of hydrogen-bond acceptors (Lipinski definition) is 5. The Kier molecular flexibility index (Phi) is 3.52. The molecule has 0 aliphatic rings. The van der Waals surface area contributed by atoms with Gasteiger partial charge in [-0.1, -0.05) is 19.9 Å². The minimum Gasteiger partial charge on any atom is -0.384 e. The lowest BCUT2D eigenvalue weighted by molar-refractivity contribution is 0.568. The lowest BCUT2D eigenvalue weighted by atomic mass is 9.91. The van der Waals surface area contributed by atoms with E-state index in [2.05, 4.69) is 46.6 Å². The monoisotopic (exact) mass is 262 g/mol. The fourth-order valence-electron chi connectivity index (χ4n) is 1.74. The first kappa shape index (κ1) is 12.8. The fourth-order valence-corrected chi connectivity index (χ4v) is 2.60. The van der Waals surface area contributed by atoms with Crippen molar-refractivity contribution in [2.24, 2.45) is 0 Å². The lowest BCUT2D eigenvalue weighted by Crippen LogP contribution is -2.27. The van der Waals surface area contributed by atoms with Crippen molar-refractivity contribution in [1.29, 1.82) is 0 Å². The smallest absolute Gasteiger partial charge is 0.131 e. The zero-order valence-electron chi connectivity index (χ0n) is 10.9. The summed E-state index contributed by atoms with van der Waals surface area (Å²) in [7, 11) is 0. The summed E-state index contributed by atoms with van der Waals surface area (Å²) in [6, 6.07) is 6.00. The number of nitrogens with zero attached hydrogens (tertiary/aromatic N) is 2. The number of nitrogen functional groups attached to an aromatic ring is 1. The summed E-state index contributed by atoms with van der Waals surface area (Å²) in [5.74, 6) is 1.97. The van der Waals surface area contributed by atoms with Crippen molar-refractivity contribution in [3.8, 4) is 0 Å². The van der Waals surface area contributed by atoms with Crippen molar-refractivity contribution in [3.05, 3.63) is 34.3 Å². The van der Waals surface area contributed by atoms with E-state index in [9.17, 15) is 0 Å². The van der Waals surface area contributed by atoms with Crippen LogP contribution in [-0.4, -0.2) is 16.5 Å². The van der Waals surface area contributed by atoms with E-state index in [0.717, 1.165) is 12.4 Å². The largest absolute Gasteiger partial charge is 0.384 e. The van der Waals surface area contributed by atoms with E-state index in [-0.39, 0.29) is 5.41 Å². The molecule has 0 unspecified atom stereocenters. The van der Waals surface area contributed by atoms with Gasteiger partial charge in [-0.25, -0.2) is 9.97 Å². The molecule has 0 amide bonds. The summed E-state index contributed by atoms with van der Waals surface area (Å²) in [5.41, 5.74) is 5.78. The van der Waals surface area contributed by atoms with Gasteiger partial charge in [0.15, 0.2) is 0 Å². The van der Waals surface area contributed by atoms with E-state index < -0.39 is 0 Å². The number of nitrogens with one attached hydrogen (secondary N) is 1. The Balaban J connectivity index is 2.07. The summed E-state index contributed by atoms with van der Waals surface area (Å²) in [6.07, 6.45) is 0. The second kappa shape index (κ2) is 4.94. The number of nitrogens with two attached hydrogens (primary N) is 1. The zero-order valence-corrected chi connectivity index (χ0v) is 11.7. The van der Waals surface area contributed by atoms with E-state index >= 15 is 0 Å². The van der Waals surface area contributed by atoms with Gasteiger partial charge in [-0.15, -0.1) is 11.3 Å². The maximum atomic E-state index is 5.70. The third-order valence-electron chi connectivity index (χ3n) is 2.76. The highest BCUT2D eigenvalue weighted by molar-refractivity contribution is 7.10. The maximum absolute atomic E-state index is 5.70. The van der Waals surface area contributed by atoms with Gasteiger partial charge in [-0.2, -0.15) is 0 Å². The SMILES string of the molecule is Cc1nc(N)cc(NCC(C)(C)c2cccs2)n1. The summed E-state index contributed by atoms with van der Waals surface area (Å²) < 4.78 is 0. The summed E-state index contributed by atoms with van der Waals surface area (Å²) in [5, 5.41) is 5.43. The van der Waals surface area contributed by atoms with Crippen LogP contribution >= 0.6 is 11.3 Å². The highest BCUT2D eigenvalue weighted by atomic mass is 32.1. The molecule has 0 aliphatic carbocycles. The molecule has 2 rings (SSSR count). The van der Waals surface area contributed by atoms with Gasteiger partial charge >= 0.3 is 0 Å². The average Bonchev–Trinajstić information content (AvgIpc) is 2.79. The Labute approximate surface area is 111 Å². The van der Waals surface area contributed by atoms with Crippen molar-refractivity contribution < 1.29 is 0 Å². The first-order valence-electron chi connectivity index (χ1n) is 5.86. The standard InChI is InChI=1S/C13H18N4S/c1-9-16-11(14)7-12(17-9)15-8-13(2,3)10-5-4-6-18-10/h4-7H,8H2,1-3H3,(H3,14,15,16,17). The van der Waals surface area contributed by atoms with Gasteiger partial charge in [0.2, 0.25) is 0 Å². The first-order valence-corrected chi connectivity index (χ1v) is 6.74. The molecule has 0 radical (unpaired) electrons. The van der Waals surface area contributed by atoms with E-state index in [1.807, 2.05) is 6.92 Å². The normalized spacial score (nSPS) is 11.5. The molecule has 18 heavy (non-hydrogen) atoms. The van der Waals surface area contributed by atoms with Crippen LogP contribution in [-0.2, 0) is 5.41 Å². The molecule has 0 spiro atoms. The van der Waals surface area contributed by atoms with Crippen LogP contribution in [0.1, 0.15) is 24.5 Å². The third-order valence-corrected chi connectivity index (χ3v) is 3.99. The average molecular weight is 262 g/mol. The molecule has 96 valence electrons. The van der Waals surface area contributed by atoms with Gasteiger partial charge in [0.05, 0.1) is 0 Å². The molecule has 0 fully saturated rings. The third kappa shape index (κ3) is 2.98. The molecular weight excluding hydrogens is 244 g/mol. The molecule has 3 N–H and O–H groups in total. The maximum Gasteiger partial charge on any atom is 0.131 e. The van der Waals surface area contributed by atoms with Crippen LogP contribution in [0.3, 0.4) is 0 Å². The molecule has 5 heteroatoms. The molecule has 2 aromatic rings. The number of thiophene rings is 1. The van der Waals surface area contributed by atoms with Crippen LogP contribution in [0, 0.1) is 6.92 Å². The molecule has 0 aliphatic heterocycles. The highest BCUT2D eigenvalue weighted by Gasteiger charge is 2.21. The summed E-state index contributed by atoms with van der Waals surface area (Å²) >= 11 is 1.77. The van der Waals surface area contributed by atoms with E-state index in [1.165, 1.54) is 4.88 Å². The van der Waals surface area contributed by atoms with Crippen molar-refractivity contribution in [3.63, 3.8) is 0 Å². The second-order valence-corrected chi connectivity index (χ2v) is 5.89. The molecule has 0 saturated heterocycles. The predicted octanol–water partition coefficient (Wildman–Crippen LogP) is 2.82. The topological polar surface area (TPSA) is 63.8 Å². The van der Waals surface area contributed by atoms with Crippen molar-refractivity contribution >= 4 is 23.0 Å². The van der Waals surface area contributed by atoms with Gasteiger partial charge < -0.3 is 11.1 Å². The van der Waals surface area contributed by atoms with Crippen LogP contribution in [0.25, 0.3) is 0 Å². The van der Waals surface area contributed by atoms with Gasteiger partial charge in [0.1, 0.15) is 17.5 Å². The minimum atomic E-state index is 0.0712. The predicted molar refractivity (Wildman–Crippen MR) is 77.0 cm³/mol. The van der Waals surface area contributed by atoms with E-state index in [1.54, 1.807) is 17.4 Å². The molecule has 0 bridgehead atoms. The van der Waals surface area contributed by atoms with E-state index in [4.69, 9.17) is 5.73 Å². The van der Waals surface area contributed by atoms with Crippen molar-refractivity contribution in [1.82, 2.24) is 9.97 Å². The molecule has 2 heterocycles. The van der Waals surface area contributed by atoms with Gasteiger partial charge in [-0.3, -0.25) is 0 Å². The van der Waals surface area contributed by atoms with Gasteiger partial charge in [0, 0.05) is 22.9 Å². The Hall–Kier alpha value is -1.62. The Bertz CT molecular complexity index is 500. The van der Waals surface area contributed by atoms with Crippen LogP contribution in [0.5, 0.6) is 0 Å². The number of aryl methyl sites for hydroxylation is 1. The second-order valence-electron chi connectivity index (χ2n) is 4.94. The summed E-state index contributed by atoms with van der Waals surface area (Å²) in [4.78, 5) is 9.73. The molecule has 2 aromatic heterocycles. The molecule has 4 nitrogen and oxygen atoms in total. The van der Waals surface area contributed by atoms with Crippen molar-refractivity contribution in [2.75, 3.05) is 17.6 Å². The van der Waals surface area contributed by atoms with Crippen LogP contribution < -0.4 is 11.1 Å². The Morgan fingerprint density at radius 1 is 1.39 bits per heavy atom. The van der Waals surface area contributed by atoms with Gasteiger partial charge in [-0.05, 0) is 18.4 Å². The minimum absolute atomic E-state index is 0.0712. The number of aromatic nitrogens is 2. The van der Waals surface area contributed by atoms with E-state index in [0.29, 0.717) is 11.6 Å². The van der Waals surface area contributed by atoms with Crippen molar-refractivity contribution in [2.45, 2.75) is 26.2 Å². The molecule has 0 aromatic carbocycles. The molecule has 0 saturated carbocycles. The fraction of sp³-hybridized carbons (Fsp3) is 0.385.